The number of halogens is 1. The predicted octanol–water partition coefficient (Wildman–Crippen LogP) is 4.01. The second kappa shape index (κ2) is 5.88. The minimum Gasteiger partial charge on any atom is -0.317 e. The van der Waals surface area contributed by atoms with Gasteiger partial charge in [-0.25, -0.2) is 0 Å². The molecule has 1 aromatic rings. The zero-order valence-electron chi connectivity index (χ0n) is 10.8. The summed E-state index contributed by atoms with van der Waals surface area (Å²) in [6.45, 7) is 6.78. The Morgan fingerprint density at radius 1 is 1.24 bits per heavy atom. The fourth-order valence-corrected chi connectivity index (χ4v) is 2.81. The molecule has 1 aliphatic heterocycles. The first-order valence-electron chi connectivity index (χ1n) is 6.65. The average Bonchev–Trinajstić information content (AvgIpc) is 2.29. The van der Waals surface area contributed by atoms with E-state index in [0.29, 0.717) is 5.92 Å². The summed E-state index contributed by atoms with van der Waals surface area (Å²) in [5.41, 5.74) is 2.77. The molecule has 1 aliphatic rings. The third-order valence-corrected chi connectivity index (χ3v) is 3.85. The van der Waals surface area contributed by atoms with Gasteiger partial charge in [0, 0.05) is 5.02 Å². The van der Waals surface area contributed by atoms with Crippen molar-refractivity contribution >= 4 is 11.6 Å². The van der Waals surface area contributed by atoms with Gasteiger partial charge >= 0.3 is 0 Å². The molecule has 1 N–H and O–H groups in total. The minimum atomic E-state index is 0.556. The minimum absolute atomic E-state index is 0.556. The summed E-state index contributed by atoms with van der Waals surface area (Å²) in [7, 11) is 0. The summed E-state index contributed by atoms with van der Waals surface area (Å²) in [5.74, 6) is 1.38. The first-order valence-corrected chi connectivity index (χ1v) is 7.03. The van der Waals surface area contributed by atoms with Crippen LogP contribution in [0, 0.1) is 5.92 Å². The molecule has 1 nitrogen and oxygen atoms in total. The van der Waals surface area contributed by atoms with E-state index in [2.05, 4.69) is 37.4 Å². The van der Waals surface area contributed by atoms with Crippen LogP contribution in [0.4, 0.5) is 0 Å². The Kier molecular flexibility index (Phi) is 4.47. The number of benzene rings is 1. The van der Waals surface area contributed by atoms with Gasteiger partial charge < -0.3 is 5.32 Å². The van der Waals surface area contributed by atoms with E-state index < -0.39 is 0 Å². The number of piperidine rings is 1. The molecule has 0 unspecified atom stereocenters. The lowest BCUT2D eigenvalue weighted by Crippen LogP contribution is -2.28. The van der Waals surface area contributed by atoms with Crippen molar-refractivity contribution in [3.63, 3.8) is 0 Å². The Hall–Kier alpha value is -0.530. The number of nitrogens with one attached hydrogen (secondary N) is 1. The van der Waals surface area contributed by atoms with Gasteiger partial charge in [-0.05, 0) is 67.4 Å². The van der Waals surface area contributed by atoms with Gasteiger partial charge in [0.1, 0.15) is 0 Å². The highest BCUT2D eigenvalue weighted by Gasteiger charge is 2.14. The summed E-state index contributed by atoms with van der Waals surface area (Å²) in [5, 5.41) is 4.30. The smallest absolute Gasteiger partial charge is 0.0411 e. The van der Waals surface area contributed by atoms with Crippen LogP contribution in [-0.2, 0) is 6.42 Å². The van der Waals surface area contributed by atoms with E-state index in [-0.39, 0.29) is 0 Å². The van der Waals surface area contributed by atoms with Crippen molar-refractivity contribution in [2.45, 2.75) is 39.0 Å². The highest BCUT2D eigenvalue weighted by molar-refractivity contribution is 6.30. The van der Waals surface area contributed by atoms with Gasteiger partial charge in [0.05, 0.1) is 0 Å². The second-order valence-corrected chi connectivity index (χ2v) is 5.88. The molecule has 94 valence electrons. The molecule has 1 aromatic carbocycles. The van der Waals surface area contributed by atoms with Crippen LogP contribution in [0.15, 0.2) is 18.2 Å². The number of rotatable bonds is 3. The summed E-state index contributed by atoms with van der Waals surface area (Å²) in [4.78, 5) is 0. The molecular formula is C15H22ClN. The van der Waals surface area contributed by atoms with Crippen molar-refractivity contribution in [3.05, 3.63) is 34.3 Å². The standard InChI is InChI=1S/C15H22ClN/c1-11(2)14-8-13(9-15(16)10-14)7-12-3-5-17-6-4-12/h8-12,17H,3-7H2,1-2H3. The maximum Gasteiger partial charge on any atom is 0.0411 e. The summed E-state index contributed by atoms with van der Waals surface area (Å²) >= 11 is 6.20. The third-order valence-electron chi connectivity index (χ3n) is 3.63. The fourth-order valence-electron chi connectivity index (χ4n) is 2.55. The van der Waals surface area contributed by atoms with E-state index in [0.717, 1.165) is 10.9 Å². The van der Waals surface area contributed by atoms with Gasteiger partial charge in [-0.2, -0.15) is 0 Å². The Bertz CT molecular complexity index is 367. The SMILES string of the molecule is CC(C)c1cc(Cl)cc(CC2CCNCC2)c1. The highest BCUT2D eigenvalue weighted by Crippen LogP contribution is 2.25. The summed E-state index contributed by atoms with van der Waals surface area (Å²) < 4.78 is 0. The van der Waals surface area contributed by atoms with Crippen LogP contribution < -0.4 is 5.32 Å². The monoisotopic (exact) mass is 251 g/mol. The zero-order valence-corrected chi connectivity index (χ0v) is 11.6. The van der Waals surface area contributed by atoms with Crippen molar-refractivity contribution < 1.29 is 0 Å². The first kappa shape index (κ1) is 12.9. The van der Waals surface area contributed by atoms with Gasteiger partial charge in [-0.1, -0.05) is 31.5 Å². The Morgan fingerprint density at radius 3 is 2.59 bits per heavy atom. The molecule has 2 rings (SSSR count). The second-order valence-electron chi connectivity index (χ2n) is 5.45. The number of hydrogen-bond acceptors (Lipinski definition) is 1. The van der Waals surface area contributed by atoms with Crippen LogP contribution >= 0.6 is 11.6 Å². The van der Waals surface area contributed by atoms with Crippen molar-refractivity contribution in [2.75, 3.05) is 13.1 Å². The largest absolute Gasteiger partial charge is 0.317 e. The van der Waals surface area contributed by atoms with E-state index >= 15 is 0 Å². The van der Waals surface area contributed by atoms with E-state index in [9.17, 15) is 0 Å². The summed E-state index contributed by atoms with van der Waals surface area (Å²) in [6, 6.07) is 6.56. The maximum absolute atomic E-state index is 6.20. The molecule has 0 aromatic heterocycles. The van der Waals surface area contributed by atoms with Crippen LogP contribution in [0.3, 0.4) is 0 Å². The van der Waals surface area contributed by atoms with Crippen LogP contribution in [0.5, 0.6) is 0 Å². The van der Waals surface area contributed by atoms with Crippen molar-refractivity contribution in [2.24, 2.45) is 5.92 Å². The lowest BCUT2D eigenvalue weighted by molar-refractivity contribution is 0.372. The molecule has 0 amide bonds. The van der Waals surface area contributed by atoms with Crippen LogP contribution in [0.2, 0.25) is 5.02 Å². The van der Waals surface area contributed by atoms with Gasteiger partial charge in [-0.15, -0.1) is 0 Å². The quantitative estimate of drug-likeness (QED) is 0.856. The lowest BCUT2D eigenvalue weighted by Gasteiger charge is -2.23. The Labute approximate surface area is 110 Å². The van der Waals surface area contributed by atoms with E-state index in [1.807, 2.05) is 0 Å². The molecule has 17 heavy (non-hydrogen) atoms. The van der Waals surface area contributed by atoms with Crippen LogP contribution in [0.25, 0.3) is 0 Å². The predicted molar refractivity (Wildman–Crippen MR) is 74.8 cm³/mol. The molecule has 0 aliphatic carbocycles. The molecule has 1 fully saturated rings. The topological polar surface area (TPSA) is 12.0 Å². The molecule has 0 radical (unpaired) electrons. The molecule has 0 atom stereocenters. The van der Waals surface area contributed by atoms with Gasteiger partial charge in [0.15, 0.2) is 0 Å². The average molecular weight is 252 g/mol. The van der Waals surface area contributed by atoms with Crippen molar-refractivity contribution in [1.82, 2.24) is 5.32 Å². The highest BCUT2D eigenvalue weighted by atomic mass is 35.5. The first-order chi connectivity index (χ1) is 8.15. The molecule has 0 bridgehead atoms. The summed E-state index contributed by atoms with van der Waals surface area (Å²) in [6.07, 6.45) is 3.77. The molecule has 0 saturated carbocycles. The molecule has 0 spiro atoms. The van der Waals surface area contributed by atoms with E-state index in [4.69, 9.17) is 11.6 Å². The Balaban J connectivity index is 2.09. The molecule has 1 heterocycles. The van der Waals surface area contributed by atoms with Crippen molar-refractivity contribution in [1.29, 1.82) is 0 Å². The fraction of sp³-hybridized carbons (Fsp3) is 0.600. The molecule has 1 saturated heterocycles. The lowest BCUT2D eigenvalue weighted by atomic mass is 9.89. The molecular weight excluding hydrogens is 230 g/mol. The third kappa shape index (κ3) is 3.72. The maximum atomic E-state index is 6.20. The van der Waals surface area contributed by atoms with Crippen molar-refractivity contribution in [3.8, 4) is 0 Å². The van der Waals surface area contributed by atoms with E-state index in [1.165, 1.54) is 43.5 Å². The molecule has 2 heteroatoms. The van der Waals surface area contributed by atoms with E-state index in [1.54, 1.807) is 0 Å². The van der Waals surface area contributed by atoms with Gasteiger partial charge in [0.2, 0.25) is 0 Å². The normalized spacial score (nSPS) is 17.6. The van der Waals surface area contributed by atoms with Crippen LogP contribution in [0.1, 0.15) is 43.7 Å². The zero-order chi connectivity index (χ0) is 12.3. The van der Waals surface area contributed by atoms with Gasteiger partial charge in [0.25, 0.3) is 0 Å². The van der Waals surface area contributed by atoms with Crippen LogP contribution in [-0.4, -0.2) is 13.1 Å². The van der Waals surface area contributed by atoms with Gasteiger partial charge in [-0.3, -0.25) is 0 Å². The Morgan fingerprint density at radius 2 is 1.94 bits per heavy atom. The number of hydrogen-bond donors (Lipinski definition) is 1.